The number of benzene rings is 1. The van der Waals surface area contributed by atoms with Gasteiger partial charge in [-0.2, -0.15) is 0 Å². The Morgan fingerprint density at radius 3 is 2.00 bits per heavy atom. The molecule has 38 heavy (non-hydrogen) atoms. The average molecular weight is 533 g/mol. The first kappa shape index (κ1) is 29.3. The number of piperazine rings is 1. The second-order valence-corrected chi connectivity index (χ2v) is 12.2. The van der Waals surface area contributed by atoms with Gasteiger partial charge in [0, 0.05) is 45.0 Å². The van der Waals surface area contributed by atoms with E-state index >= 15 is 0 Å². The van der Waals surface area contributed by atoms with E-state index in [0.717, 1.165) is 31.9 Å². The van der Waals surface area contributed by atoms with Crippen LogP contribution in [0.25, 0.3) is 0 Å². The van der Waals surface area contributed by atoms with Crippen LogP contribution in [0.4, 0.5) is 26.7 Å². The van der Waals surface area contributed by atoms with Crippen molar-refractivity contribution in [3.63, 3.8) is 0 Å². The summed E-state index contributed by atoms with van der Waals surface area (Å²) in [7, 11) is 2.10. The number of ether oxygens (including phenoxy) is 2. The number of hydrogen-bond acceptors (Lipinski definition) is 8. The maximum absolute atomic E-state index is 13.7. The van der Waals surface area contributed by atoms with E-state index in [0.29, 0.717) is 11.4 Å². The molecule has 0 bridgehead atoms. The predicted molar refractivity (Wildman–Crippen MR) is 148 cm³/mol. The molecule has 1 aromatic rings. The Kier molecular flexibility index (Phi) is 8.70. The summed E-state index contributed by atoms with van der Waals surface area (Å²) in [6, 6.07) is 5.59. The molecule has 0 unspecified atom stereocenters. The second kappa shape index (κ2) is 11.3. The first-order valence-corrected chi connectivity index (χ1v) is 13.2. The molecule has 2 fully saturated rings. The van der Waals surface area contributed by atoms with Crippen molar-refractivity contribution in [1.82, 2.24) is 15.1 Å². The van der Waals surface area contributed by atoms with Crippen LogP contribution in [0.15, 0.2) is 18.2 Å². The third-order valence-corrected chi connectivity index (χ3v) is 6.60. The molecule has 212 valence electrons. The lowest BCUT2D eigenvalue weighted by Gasteiger charge is -2.41. The van der Waals surface area contributed by atoms with E-state index in [1.807, 2.05) is 12.1 Å². The molecule has 0 aromatic heterocycles. The summed E-state index contributed by atoms with van der Waals surface area (Å²) in [5.41, 5.74) is 5.60. The standard InChI is InChI=1S/C27H44N6O5/c1-25(2,3)37-23(35)30-27(10-12-33(13-11-27)24(36)38-26(4,5)6)22(34)29-21-9-8-19(18-20(21)28)32-16-14-31(7)15-17-32/h8-9,18H,10-17,28H2,1-7H3,(H,29,34)(H,30,35). The van der Waals surface area contributed by atoms with Crippen molar-refractivity contribution in [2.24, 2.45) is 0 Å². The van der Waals surface area contributed by atoms with E-state index in [1.165, 1.54) is 0 Å². The van der Waals surface area contributed by atoms with Crippen LogP contribution in [0.5, 0.6) is 0 Å². The van der Waals surface area contributed by atoms with Gasteiger partial charge in [-0.05, 0) is 79.6 Å². The van der Waals surface area contributed by atoms with Crippen molar-refractivity contribution >= 4 is 35.2 Å². The number of nitrogens with zero attached hydrogens (tertiary/aromatic N) is 3. The number of rotatable bonds is 4. The summed E-state index contributed by atoms with van der Waals surface area (Å²) in [5, 5.41) is 5.71. The number of anilines is 3. The second-order valence-electron chi connectivity index (χ2n) is 12.2. The molecule has 2 heterocycles. The molecule has 0 aliphatic carbocycles. The molecule has 4 N–H and O–H groups in total. The first-order chi connectivity index (χ1) is 17.6. The van der Waals surface area contributed by atoms with Gasteiger partial charge in [-0.3, -0.25) is 4.79 Å². The molecule has 0 spiro atoms. The lowest BCUT2D eigenvalue weighted by Crippen LogP contribution is -2.63. The summed E-state index contributed by atoms with van der Waals surface area (Å²) in [5.74, 6) is -0.411. The Morgan fingerprint density at radius 2 is 1.47 bits per heavy atom. The van der Waals surface area contributed by atoms with Crippen molar-refractivity contribution in [3.8, 4) is 0 Å². The van der Waals surface area contributed by atoms with Gasteiger partial charge in [-0.1, -0.05) is 0 Å². The highest BCUT2D eigenvalue weighted by Gasteiger charge is 2.45. The van der Waals surface area contributed by atoms with E-state index in [9.17, 15) is 14.4 Å². The molecule has 0 atom stereocenters. The number of nitrogens with two attached hydrogens (primary N) is 1. The van der Waals surface area contributed by atoms with Crippen LogP contribution in [-0.4, -0.2) is 91.0 Å². The quantitative estimate of drug-likeness (QED) is 0.504. The molecule has 11 heteroatoms. The number of nitrogen functional groups attached to an aromatic ring is 1. The first-order valence-electron chi connectivity index (χ1n) is 13.2. The molecule has 3 amide bonds. The van der Waals surface area contributed by atoms with Gasteiger partial charge in [-0.15, -0.1) is 0 Å². The van der Waals surface area contributed by atoms with Gasteiger partial charge in [0.1, 0.15) is 16.7 Å². The number of amides is 3. The minimum Gasteiger partial charge on any atom is -0.444 e. The van der Waals surface area contributed by atoms with Crippen LogP contribution in [0.2, 0.25) is 0 Å². The minimum atomic E-state index is -1.29. The minimum absolute atomic E-state index is 0.191. The third kappa shape index (κ3) is 7.89. The highest BCUT2D eigenvalue weighted by atomic mass is 16.6. The summed E-state index contributed by atoms with van der Waals surface area (Å²) in [6.45, 7) is 14.9. The molecule has 2 aliphatic rings. The zero-order valence-corrected chi connectivity index (χ0v) is 23.8. The van der Waals surface area contributed by atoms with Crippen LogP contribution in [0.3, 0.4) is 0 Å². The van der Waals surface area contributed by atoms with Gasteiger partial charge in [-0.25, -0.2) is 9.59 Å². The fraction of sp³-hybridized carbons (Fsp3) is 0.667. The number of nitrogens with one attached hydrogen (secondary N) is 2. The number of likely N-dealkylation sites (tertiary alicyclic amines) is 1. The number of piperidine rings is 1. The Hall–Kier alpha value is -3.21. The SMILES string of the molecule is CN1CCN(c2ccc(NC(=O)C3(NC(=O)OC(C)(C)C)CCN(C(=O)OC(C)(C)C)CC3)c(N)c2)CC1. The van der Waals surface area contributed by atoms with Crippen molar-refractivity contribution in [1.29, 1.82) is 0 Å². The third-order valence-electron chi connectivity index (χ3n) is 6.60. The van der Waals surface area contributed by atoms with Crippen molar-refractivity contribution in [2.75, 3.05) is 62.3 Å². The number of carbonyl (C=O) groups is 3. The summed E-state index contributed by atoms with van der Waals surface area (Å²) in [4.78, 5) is 45.1. The topological polar surface area (TPSA) is 129 Å². The van der Waals surface area contributed by atoms with E-state index in [-0.39, 0.29) is 25.9 Å². The van der Waals surface area contributed by atoms with Crippen molar-refractivity contribution in [2.45, 2.75) is 71.1 Å². The molecule has 11 nitrogen and oxygen atoms in total. The fourth-order valence-electron chi connectivity index (χ4n) is 4.47. The molecule has 1 aromatic carbocycles. The summed E-state index contributed by atoms with van der Waals surface area (Å²) in [6.07, 6.45) is -0.767. The van der Waals surface area contributed by atoms with Crippen LogP contribution >= 0.6 is 0 Å². The predicted octanol–water partition coefficient (Wildman–Crippen LogP) is 3.25. The van der Waals surface area contributed by atoms with Crippen LogP contribution < -0.4 is 21.3 Å². The lowest BCUT2D eigenvalue weighted by molar-refractivity contribution is -0.124. The van der Waals surface area contributed by atoms with Crippen LogP contribution in [-0.2, 0) is 14.3 Å². The molecule has 0 saturated carbocycles. The smallest absolute Gasteiger partial charge is 0.410 e. The summed E-state index contributed by atoms with van der Waals surface area (Å²) >= 11 is 0. The zero-order valence-electron chi connectivity index (χ0n) is 23.8. The molecule has 2 saturated heterocycles. The van der Waals surface area contributed by atoms with Crippen LogP contribution in [0, 0.1) is 0 Å². The van der Waals surface area contributed by atoms with Gasteiger partial charge >= 0.3 is 12.2 Å². The maximum Gasteiger partial charge on any atom is 0.410 e. The highest BCUT2D eigenvalue weighted by Crippen LogP contribution is 2.30. The highest BCUT2D eigenvalue weighted by molar-refractivity contribution is 6.02. The van der Waals surface area contributed by atoms with Gasteiger partial charge in [0.2, 0.25) is 5.91 Å². The molecule has 0 radical (unpaired) electrons. The Balaban J connectivity index is 1.76. The van der Waals surface area contributed by atoms with Gasteiger partial charge in [0.25, 0.3) is 0 Å². The molecule has 2 aliphatic heterocycles. The number of alkyl carbamates (subject to hydrolysis) is 1. The summed E-state index contributed by atoms with van der Waals surface area (Å²) < 4.78 is 10.9. The monoisotopic (exact) mass is 532 g/mol. The van der Waals surface area contributed by atoms with Crippen molar-refractivity contribution < 1.29 is 23.9 Å². The molecular formula is C27H44N6O5. The van der Waals surface area contributed by atoms with Crippen LogP contribution in [0.1, 0.15) is 54.4 Å². The lowest BCUT2D eigenvalue weighted by atomic mass is 9.86. The fourth-order valence-corrected chi connectivity index (χ4v) is 4.47. The average Bonchev–Trinajstić information content (AvgIpc) is 2.79. The van der Waals surface area contributed by atoms with E-state index < -0.39 is 34.8 Å². The number of likely N-dealkylation sites (N-methyl/N-ethyl adjacent to an activating group) is 1. The van der Waals surface area contributed by atoms with Gasteiger partial charge < -0.3 is 40.5 Å². The number of carbonyl (C=O) groups excluding carboxylic acids is 3. The van der Waals surface area contributed by atoms with E-state index in [2.05, 4.69) is 27.5 Å². The normalized spacial score (nSPS) is 18.5. The molecular weight excluding hydrogens is 488 g/mol. The Labute approximate surface area is 226 Å². The maximum atomic E-state index is 13.7. The molecule has 3 rings (SSSR count). The van der Waals surface area contributed by atoms with Crippen molar-refractivity contribution in [3.05, 3.63) is 18.2 Å². The van der Waals surface area contributed by atoms with E-state index in [4.69, 9.17) is 15.2 Å². The van der Waals surface area contributed by atoms with Gasteiger partial charge in [0.15, 0.2) is 0 Å². The zero-order chi connectivity index (χ0) is 28.3. The largest absolute Gasteiger partial charge is 0.444 e. The Bertz CT molecular complexity index is 1020. The number of hydrogen-bond donors (Lipinski definition) is 3. The Morgan fingerprint density at radius 1 is 0.895 bits per heavy atom. The van der Waals surface area contributed by atoms with Gasteiger partial charge in [0.05, 0.1) is 11.4 Å². The van der Waals surface area contributed by atoms with E-state index in [1.54, 1.807) is 52.5 Å².